The van der Waals surface area contributed by atoms with Crippen molar-refractivity contribution in [2.24, 2.45) is 5.73 Å². The molecule has 0 unspecified atom stereocenters. The van der Waals surface area contributed by atoms with Crippen LogP contribution in [0.2, 0.25) is 0 Å². The molecule has 4 nitrogen and oxygen atoms in total. The lowest BCUT2D eigenvalue weighted by molar-refractivity contribution is -0.858. The first-order valence-corrected chi connectivity index (χ1v) is 2.84. The molecule has 0 aliphatic carbocycles. The van der Waals surface area contributed by atoms with Crippen molar-refractivity contribution < 1.29 is 14.4 Å². The number of nitrogens with one attached hydrogen (secondary N) is 1. The summed E-state index contributed by atoms with van der Waals surface area (Å²) in [7, 11) is 3.95. The zero-order valence-corrected chi connectivity index (χ0v) is 5.81. The molecule has 0 aliphatic heterocycles. The van der Waals surface area contributed by atoms with Gasteiger partial charge in [0, 0.05) is 0 Å². The first-order valence-electron chi connectivity index (χ1n) is 2.84. The van der Waals surface area contributed by atoms with E-state index in [4.69, 9.17) is 5.73 Å². The van der Waals surface area contributed by atoms with Gasteiger partial charge in [0.15, 0.2) is 0 Å². The van der Waals surface area contributed by atoms with Crippen LogP contribution in [0.4, 0.5) is 4.79 Å². The Morgan fingerprint density at radius 3 is 2.56 bits per heavy atom. The van der Waals surface area contributed by atoms with E-state index in [-0.39, 0.29) is 0 Å². The van der Waals surface area contributed by atoms with Crippen molar-refractivity contribution in [2.75, 3.05) is 27.2 Å². The van der Waals surface area contributed by atoms with E-state index in [9.17, 15) is 4.79 Å². The summed E-state index contributed by atoms with van der Waals surface area (Å²) in [5.74, 6) is 0. The Morgan fingerprint density at radius 1 is 1.67 bits per heavy atom. The fourth-order valence-corrected chi connectivity index (χ4v) is 0.356. The number of hydrogen-bond acceptors (Lipinski definition) is 2. The minimum atomic E-state index is -0.698. The van der Waals surface area contributed by atoms with Crippen molar-refractivity contribution in [1.82, 2.24) is 0 Å². The highest BCUT2D eigenvalue weighted by Crippen LogP contribution is 1.66. The maximum atomic E-state index is 9.97. The maximum Gasteiger partial charge on any atom is 0.404 e. The highest BCUT2D eigenvalue weighted by atomic mass is 16.5. The van der Waals surface area contributed by atoms with Crippen LogP contribution >= 0.6 is 0 Å². The number of carbonyl (C=O) groups is 1. The molecular weight excluding hydrogens is 120 g/mol. The van der Waals surface area contributed by atoms with E-state index in [1.807, 2.05) is 14.1 Å². The van der Waals surface area contributed by atoms with Crippen molar-refractivity contribution in [1.29, 1.82) is 0 Å². The summed E-state index contributed by atoms with van der Waals surface area (Å²) in [6.45, 7) is 1.20. The predicted molar refractivity (Wildman–Crippen MR) is 33.2 cm³/mol. The average Bonchev–Trinajstić information content (AvgIpc) is 1.63. The Morgan fingerprint density at radius 2 is 2.22 bits per heavy atom. The van der Waals surface area contributed by atoms with Crippen molar-refractivity contribution in [3.63, 3.8) is 0 Å². The lowest BCUT2D eigenvalue weighted by atomic mass is 10.6. The largest absolute Gasteiger partial charge is 0.444 e. The number of hydrogen-bond donors (Lipinski definition) is 2. The number of primary amides is 1. The SMILES string of the molecule is C[NH+](C)CCOC(N)=O. The first-order chi connectivity index (χ1) is 4.13. The molecule has 0 bridgehead atoms. The standard InChI is InChI=1S/C5H12N2O2/c1-7(2)3-4-9-5(6)8/h3-4H2,1-2H3,(H2,6,8)/p+1. The van der Waals surface area contributed by atoms with Gasteiger partial charge in [-0.15, -0.1) is 0 Å². The molecule has 0 aromatic carbocycles. The quantitative estimate of drug-likeness (QED) is 0.478. The third kappa shape index (κ3) is 7.23. The lowest BCUT2D eigenvalue weighted by Crippen LogP contribution is -3.06. The van der Waals surface area contributed by atoms with Gasteiger partial charge in [-0.05, 0) is 0 Å². The molecule has 0 aromatic heterocycles. The monoisotopic (exact) mass is 133 g/mol. The Kier molecular flexibility index (Phi) is 3.79. The number of nitrogens with two attached hydrogens (primary N) is 1. The molecule has 3 N–H and O–H groups in total. The van der Waals surface area contributed by atoms with Gasteiger partial charge in [0.25, 0.3) is 0 Å². The second-order valence-corrected chi connectivity index (χ2v) is 2.12. The molecule has 0 heterocycles. The summed E-state index contributed by atoms with van der Waals surface area (Å²) in [6, 6.07) is 0. The average molecular weight is 133 g/mol. The van der Waals surface area contributed by atoms with Crippen LogP contribution < -0.4 is 10.6 Å². The molecule has 0 rings (SSSR count). The minimum absolute atomic E-state index is 0.400. The molecule has 1 amide bonds. The smallest absolute Gasteiger partial charge is 0.404 e. The van der Waals surface area contributed by atoms with Gasteiger partial charge in [0.2, 0.25) is 0 Å². The van der Waals surface area contributed by atoms with Crippen molar-refractivity contribution in [3.05, 3.63) is 0 Å². The second kappa shape index (κ2) is 4.14. The molecular formula is C5H13N2O2+. The molecule has 0 spiro atoms. The van der Waals surface area contributed by atoms with E-state index in [1.165, 1.54) is 4.90 Å². The molecule has 4 heteroatoms. The van der Waals surface area contributed by atoms with Gasteiger partial charge in [-0.25, -0.2) is 4.79 Å². The molecule has 0 saturated carbocycles. The molecule has 0 radical (unpaired) electrons. The maximum absolute atomic E-state index is 9.97. The van der Waals surface area contributed by atoms with E-state index >= 15 is 0 Å². The summed E-state index contributed by atoms with van der Waals surface area (Å²) in [4.78, 5) is 11.2. The minimum Gasteiger partial charge on any atom is -0.444 e. The number of carbonyl (C=O) groups excluding carboxylic acids is 1. The number of amides is 1. The predicted octanol–water partition coefficient (Wildman–Crippen LogP) is -1.77. The molecule has 0 aliphatic rings. The third-order valence-corrected chi connectivity index (χ3v) is 0.846. The highest BCUT2D eigenvalue weighted by molar-refractivity contribution is 5.64. The summed E-state index contributed by atoms with van der Waals surface area (Å²) in [5.41, 5.74) is 4.71. The highest BCUT2D eigenvalue weighted by Gasteiger charge is 1.95. The molecule has 0 atom stereocenters. The normalized spacial score (nSPS) is 9.67. The van der Waals surface area contributed by atoms with Gasteiger partial charge in [0.1, 0.15) is 13.2 Å². The molecule has 0 aromatic rings. The van der Waals surface area contributed by atoms with E-state index in [2.05, 4.69) is 4.74 Å². The Bertz CT molecular complexity index is 93.0. The molecule has 0 fully saturated rings. The zero-order chi connectivity index (χ0) is 7.28. The number of likely N-dealkylation sites (N-methyl/N-ethyl adjacent to an activating group) is 1. The summed E-state index contributed by atoms with van der Waals surface area (Å²) in [6.07, 6.45) is -0.698. The van der Waals surface area contributed by atoms with Crippen molar-refractivity contribution in [2.45, 2.75) is 0 Å². The summed E-state index contributed by atoms with van der Waals surface area (Å²) >= 11 is 0. The Hall–Kier alpha value is -0.770. The van der Waals surface area contributed by atoms with Crippen LogP contribution in [-0.4, -0.2) is 33.3 Å². The van der Waals surface area contributed by atoms with Crippen molar-refractivity contribution in [3.8, 4) is 0 Å². The number of ether oxygens (including phenoxy) is 1. The lowest BCUT2D eigenvalue weighted by Gasteiger charge is -2.05. The molecule has 0 saturated heterocycles. The second-order valence-electron chi connectivity index (χ2n) is 2.12. The van der Waals surface area contributed by atoms with E-state index in [0.29, 0.717) is 6.61 Å². The van der Waals surface area contributed by atoms with E-state index in [0.717, 1.165) is 6.54 Å². The van der Waals surface area contributed by atoms with Gasteiger partial charge in [0.05, 0.1) is 14.1 Å². The van der Waals surface area contributed by atoms with Gasteiger partial charge >= 0.3 is 6.09 Å². The number of rotatable bonds is 3. The van der Waals surface area contributed by atoms with E-state index < -0.39 is 6.09 Å². The van der Waals surface area contributed by atoms with Crippen molar-refractivity contribution >= 4 is 6.09 Å². The van der Waals surface area contributed by atoms with Crippen LogP contribution in [0.1, 0.15) is 0 Å². The molecule has 54 valence electrons. The first kappa shape index (κ1) is 8.23. The fourth-order valence-electron chi connectivity index (χ4n) is 0.356. The molecule has 9 heavy (non-hydrogen) atoms. The number of quaternary nitrogens is 1. The van der Waals surface area contributed by atoms with Gasteiger partial charge in [-0.3, -0.25) is 0 Å². The van der Waals surface area contributed by atoms with Crippen LogP contribution in [0.3, 0.4) is 0 Å². The van der Waals surface area contributed by atoms with Gasteiger partial charge < -0.3 is 15.4 Å². The summed E-state index contributed by atoms with van der Waals surface area (Å²) in [5, 5.41) is 0. The van der Waals surface area contributed by atoms with Crippen LogP contribution in [0.5, 0.6) is 0 Å². The van der Waals surface area contributed by atoms with Crippen LogP contribution in [0.25, 0.3) is 0 Å². The van der Waals surface area contributed by atoms with E-state index in [1.54, 1.807) is 0 Å². The fraction of sp³-hybridized carbons (Fsp3) is 0.800. The van der Waals surface area contributed by atoms with Gasteiger partial charge in [-0.1, -0.05) is 0 Å². The zero-order valence-electron chi connectivity index (χ0n) is 5.81. The van der Waals surface area contributed by atoms with Gasteiger partial charge in [-0.2, -0.15) is 0 Å². The van der Waals surface area contributed by atoms with Crippen LogP contribution in [0, 0.1) is 0 Å². The Labute approximate surface area is 54.6 Å². The topological polar surface area (TPSA) is 56.8 Å². The third-order valence-electron chi connectivity index (χ3n) is 0.846. The Balaban J connectivity index is 3.01. The summed E-state index contributed by atoms with van der Waals surface area (Å²) < 4.78 is 4.47. The van der Waals surface area contributed by atoms with Crippen LogP contribution in [0.15, 0.2) is 0 Å². The van der Waals surface area contributed by atoms with Crippen LogP contribution in [-0.2, 0) is 4.74 Å².